The van der Waals surface area contributed by atoms with Crippen LogP contribution in [-0.2, 0) is 6.54 Å². The number of fused-ring (bicyclic) bond motifs is 2. The lowest BCUT2D eigenvalue weighted by Crippen LogP contribution is -2.50. The quantitative estimate of drug-likeness (QED) is 0.425. The van der Waals surface area contributed by atoms with Gasteiger partial charge in [0, 0.05) is 50.0 Å². The van der Waals surface area contributed by atoms with Crippen LogP contribution in [0.15, 0.2) is 30.6 Å². The molecule has 2 aliphatic rings. The molecule has 0 aromatic carbocycles. The van der Waals surface area contributed by atoms with E-state index in [0.717, 1.165) is 37.0 Å². The van der Waals surface area contributed by atoms with Gasteiger partial charge in [-0.25, -0.2) is 28.2 Å². The smallest absolute Gasteiger partial charge is 0.256 e. The Morgan fingerprint density at radius 2 is 1.81 bits per heavy atom. The van der Waals surface area contributed by atoms with Crippen LogP contribution in [0.25, 0.3) is 27.9 Å². The summed E-state index contributed by atoms with van der Waals surface area (Å²) in [4.78, 5) is 18.7. The first-order valence-electron chi connectivity index (χ1n) is 13.1. The van der Waals surface area contributed by atoms with Gasteiger partial charge in [0.05, 0.1) is 24.0 Å². The van der Waals surface area contributed by atoms with E-state index >= 15 is 0 Å². The molecule has 9 nitrogen and oxygen atoms in total. The van der Waals surface area contributed by atoms with E-state index in [2.05, 4.69) is 37.1 Å². The van der Waals surface area contributed by atoms with Crippen molar-refractivity contribution in [2.24, 2.45) is 0 Å². The third-order valence-electron chi connectivity index (χ3n) is 7.88. The van der Waals surface area contributed by atoms with E-state index in [-0.39, 0.29) is 0 Å². The van der Waals surface area contributed by atoms with Gasteiger partial charge in [-0.2, -0.15) is 0 Å². The number of likely N-dealkylation sites (N-methyl/N-ethyl adjacent to an activating group) is 1. The fourth-order valence-corrected chi connectivity index (χ4v) is 5.76. The first-order valence-corrected chi connectivity index (χ1v) is 13.1. The average molecular weight is 510 g/mol. The predicted molar refractivity (Wildman–Crippen MR) is 139 cm³/mol. The van der Waals surface area contributed by atoms with Gasteiger partial charge in [-0.3, -0.25) is 4.90 Å². The van der Waals surface area contributed by atoms with Crippen molar-refractivity contribution >= 4 is 22.6 Å². The summed E-state index contributed by atoms with van der Waals surface area (Å²) in [7, 11) is 2.20. The Labute approximate surface area is 214 Å². The first-order chi connectivity index (χ1) is 17.9. The number of piperazine rings is 1. The summed E-state index contributed by atoms with van der Waals surface area (Å²) < 4.78 is 29.5. The highest BCUT2D eigenvalue weighted by atomic mass is 19.3. The summed E-state index contributed by atoms with van der Waals surface area (Å²) in [6.45, 7) is 5.96. The van der Waals surface area contributed by atoms with Crippen LogP contribution in [0.1, 0.15) is 31.5 Å². The van der Waals surface area contributed by atoms with E-state index in [9.17, 15) is 8.78 Å². The molecule has 1 aliphatic carbocycles. The molecule has 6 rings (SSSR count). The summed E-state index contributed by atoms with van der Waals surface area (Å²) in [6, 6.07) is 6.68. The number of hydrogen-bond donors (Lipinski definition) is 1. The first kappa shape index (κ1) is 24.2. The number of rotatable bonds is 6. The Morgan fingerprint density at radius 3 is 2.57 bits per heavy atom. The zero-order valence-electron chi connectivity index (χ0n) is 21.3. The second-order valence-corrected chi connectivity index (χ2v) is 10.3. The Morgan fingerprint density at radius 1 is 1.03 bits per heavy atom. The van der Waals surface area contributed by atoms with Gasteiger partial charge in [-0.1, -0.05) is 0 Å². The number of hydrogen-bond acceptors (Lipinski definition) is 7. The summed E-state index contributed by atoms with van der Waals surface area (Å²) in [5.41, 5.74) is 3.41. The minimum absolute atomic E-state index is 0.374. The van der Waals surface area contributed by atoms with Gasteiger partial charge in [-0.15, -0.1) is 5.10 Å². The van der Waals surface area contributed by atoms with Crippen LogP contribution in [0, 0.1) is 6.92 Å². The van der Waals surface area contributed by atoms with E-state index in [4.69, 9.17) is 5.10 Å². The fourth-order valence-electron chi connectivity index (χ4n) is 5.76. The van der Waals surface area contributed by atoms with Crippen LogP contribution in [0.2, 0.25) is 0 Å². The molecular formula is C26H33F2N9. The molecule has 5 heterocycles. The minimum atomic E-state index is -2.47. The molecule has 1 N–H and O–H groups in total. The van der Waals surface area contributed by atoms with Gasteiger partial charge in [0.1, 0.15) is 11.3 Å². The van der Waals surface area contributed by atoms with Gasteiger partial charge < -0.3 is 14.8 Å². The van der Waals surface area contributed by atoms with Crippen LogP contribution in [0.4, 0.5) is 14.7 Å². The Kier molecular flexibility index (Phi) is 6.49. The number of imidazole rings is 1. The van der Waals surface area contributed by atoms with Crippen LogP contribution in [0.3, 0.4) is 0 Å². The van der Waals surface area contributed by atoms with Crippen molar-refractivity contribution in [2.75, 3.05) is 38.5 Å². The molecule has 0 unspecified atom stereocenters. The lowest BCUT2D eigenvalue weighted by Gasteiger charge is -2.41. The maximum Gasteiger partial charge on any atom is 0.256 e. The second-order valence-electron chi connectivity index (χ2n) is 10.3. The van der Waals surface area contributed by atoms with Crippen LogP contribution in [0.5, 0.6) is 0 Å². The average Bonchev–Trinajstić information content (AvgIpc) is 3.45. The van der Waals surface area contributed by atoms with E-state index < -0.39 is 13.0 Å². The molecule has 2 fully saturated rings. The lowest BCUT2D eigenvalue weighted by atomic mass is 9.90. The molecule has 4 aromatic rings. The molecule has 0 amide bonds. The fraction of sp³-hybridized carbons (Fsp3) is 0.538. The largest absolute Gasteiger partial charge is 0.350 e. The molecule has 1 saturated heterocycles. The van der Waals surface area contributed by atoms with E-state index in [0.29, 0.717) is 40.7 Å². The topological polar surface area (TPSA) is 79.4 Å². The zero-order chi connectivity index (χ0) is 25.5. The summed E-state index contributed by atoms with van der Waals surface area (Å²) in [5, 5.41) is 8.23. The van der Waals surface area contributed by atoms with Crippen molar-refractivity contribution in [3.05, 3.63) is 36.4 Å². The lowest BCUT2D eigenvalue weighted by molar-refractivity contribution is 0.0893. The number of aromatic nitrogens is 6. The summed E-state index contributed by atoms with van der Waals surface area (Å²) in [6.07, 6.45) is 5.84. The minimum Gasteiger partial charge on any atom is -0.350 e. The standard InChI is InChI=1S/C26H33F2N9/c1-17-30-22-8-7-21(32-25(22)36(17)16-24(27)28)20-9-10-37-23(20)15-29-26(33-37)31-18-3-5-19(6-4-18)35-13-11-34(2)12-14-35/h7-10,15,18-19,24H,3-6,11-14,16H2,1-2H3,(H,31,33). The molecule has 0 radical (unpaired) electrons. The van der Waals surface area contributed by atoms with Crippen LogP contribution < -0.4 is 5.32 Å². The maximum absolute atomic E-state index is 13.1. The number of pyridine rings is 1. The molecule has 196 valence electrons. The van der Waals surface area contributed by atoms with Gasteiger partial charge >= 0.3 is 0 Å². The normalized spacial score (nSPS) is 21.9. The number of nitrogens with zero attached hydrogens (tertiary/aromatic N) is 8. The van der Waals surface area contributed by atoms with E-state index in [1.807, 2.05) is 24.4 Å². The second kappa shape index (κ2) is 9.94. The molecule has 37 heavy (non-hydrogen) atoms. The SMILES string of the molecule is Cc1nc2ccc(-c3ccn4nc(NC5CCC(N6CCN(C)CC6)CC5)ncc34)nc2n1CC(F)F. The van der Waals surface area contributed by atoms with Crippen molar-refractivity contribution in [2.45, 2.75) is 57.7 Å². The Bertz CT molecular complexity index is 1380. The van der Waals surface area contributed by atoms with E-state index in [1.165, 1.54) is 30.5 Å². The summed E-state index contributed by atoms with van der Waals surface area (Å²) in [5.74, 6) is 1.14. The van der Waals surface area contributed by atoms with Gasteiger partial charge in [0.2, 0.25) is 5.95 Å². The highest BCUT2D eigenvalue weighted by molar-refractivity contribution is 5.82. The maximum atomic E-state index is 13.1. The molecule has 0 atom stereocenters. The third kappa shape index (κ3) is 4.89. The van der Waals surface area contributed by atoms with Crippen molar-refractivity contribution in [1.82, 2.24) is 38.9 Å². The van der Waals surface area contributed by atoms with Crippen LogP contribution in [-0.4, -0.2) is 90.7 Å². The zero-order valence-corrected chi connectivity index (χ0v) is 21.3. The van der Waals surface area contributed by atoms with E-state index in [1.54, 1.807) is 17.6 Å². The van der Waals surface area contributed by atoms with Crippen LogP contribution >= 0.6 is 0 Å². The Balaban J connectivity index is 1.16. The van der Waals surface area contributed by atoms with Crippen molar-refractivity contribution in [3.63, 3.8) is 0 Å². The van der Waals surface area contributed by atoms with Gasteiger partial charge in [0.15, 0.2) is 5.65 Å². The molecular weight excluding hydrogens is 476 g/mol. The summed E-state index contributed by atoms with van der Waals surface area (Å²) >= 11 is 0. The Hall–Kier alpha value is -3.18. The molecule has 0 bridgehead atoms. The highest BCUT2D eigenvalue weighted by Crippen LogP contribution is 2.28. The van der Waals surface area contributed by atoms with Crippen molar-refractivity contribution < 1.29 is 8.78 Å². The van der Waals surface area contributed by atoms with Crippen molar-refractivity contribution in [3.8, 4) is 11.3 Å². The highest BCUT2D eigenvalue weighted by Gasteiger charge is 2.28. The number of anilines is 1. The van der Waals surface area contributed by atoms with Crippen molar-refractivity contribution in [1.29, 1.82) is 0 Å². The monoisotopic (exact) mass is 509 g/mol. The molecule has 0 spiro atoms. The molecule has 4 aromatic heterocycles. The van der Waals surface area contributed by atoms with Gasteiger partial charge in [-0.05, 0) is 57.9 Å². The molecule has 11 heteroatoms. The number of aryl methyl sites for hydroxylation is 1. The number of nitrogens with one attached hydrogen (secondary N) is 1. The molecule has 1 aliphatic heterocycles. The third-order valence-corrected chi connectivity index (χ3v) is 7.88. The number of alkyl halides is 2. The predicted octanol–water partition coefficient (Wildman–Crippen LogP) is 3.69. The molecule has 1 saturated carbocycles. The van der Waals surface area contributed by atoms with Gasteiger partial charge in [0.25, 0.3) is 6.43 Å². The number of halogens is 2.